The maximum absolute atomic E-state index is 11.6. The second-order valence-corrected chi connectivity index (χ2v) is 3.35. The van der Waals surface area contributed by atoms with Crippen LogP contribution in [0.1, 0.15) is 19.8 Å². The second kappa shape index (κ2) is 4.04. The van der Waals surface area contributed by atoms with Gasteiger partial charge in [0.15, 0.2) is 0 Å². The van der Waals surface area contributed by atoms with Gasteiger partial charge in [-0.25, -0.2) is 5.01 Å². The molecule has 4 N–H and O–H groups in total. The molecule has 76 valence electrons. The molecule has 1 fully saturated rings. The Morgan fingerprint density at radius 1 is 1.77 bits per heavy atom. The molecule has 1 rings (SSSR count). The molecule has 5 heteroatoms. The third-order valence-electron chi connectivity index (χ3n) is 2.56. The SMILES string of the molecule is CCNC(=O)[C@]1(CO)CCCN1N. The number of hydrogen-bond donors (Lipinski definition) is 3. The first-order chi connectivity index (χ1) is 6.17. The van der Waals surface area contributed by atoms with Gasteiger partial charge in [-0.3, -0.25) is 10.6 Å². The summed E-state index contributed by atoms with van der Waals surface area (Å²) in [6.07, 6.45) is 1.49. The van der Waals surface area contributed by atoms with Gasteiger partial charge in [-0.1, -0.05) is 0 Å². The topological polar surface area (TPSA) is 78.6 Å². The number of carbonyl (C=O) groups excluding carboxylic acids is 1. The number of nitrogens with two attached hydrogens (primary N) is 1. The summed E-state index contributed by atoms with van der Waals surface area (Å²) < 4.78 is 0. The van der Waals surface area contributed by atoms with E-state index in [1.807, 2.05) is 6.92 Å². The molecular weight excluding hydrogens is 170 g/mol. The molecule has 0 aromatic heterocycles. The first-order valence-corrected chi connectivity index (χ1v) is 4.59. The fourth-order valence-electron chi connectivity index (χ4n) is 1.71. The number of aliphatic hydroxyl groups is 1. The third-order valence-corrected chi connectivity index (χ3v) is 2.56. The van der Waals surface area contributed by atoms with Crippen molar-refractivity contribution in [3.05, 3.63) is 0 Å². The molecular formula is C8H17N3O2. The van der Waals surface area contributed by atoms with Crippen LogP contribution in [-0.2, 0) is 4.79 Å². The van der Waals surface area contributed by atoms with Crippen molar-refractivity contribution in [1.29, 1.82) is 0 Å². The van der Waals surface area contributed by atoms with Crippen LogP contribution in [0.15, 0.2) is 0 Å². The van der Waals surface area contributed by atoms with Crippen molar-refractivity contribution >= 4 is 5.91 Å². The quantitative estimate of drug-likeness (QED) is 0.486. The van der Waals surface area contributed by atoms with Crippen LogP contribution in [0, 0.1) is 0 Å². The van der Waals surface area contributed by atoms with Crippen molar-refractivity contribution in [2.24, 2.45) is 5.84 Å². The molecule has 0 aliphatic carbocycles. The highest BCUT2D eigenvalue weighted by Crippen LogP contribution is 2.25. The standard InChI is InChI=1S/C8H17N3O2/c1-2-10-7(13)8(6-12)4-3-5-11(8)9/h12H,2-6,9H2,1H3,(H,10,13)/t8-/m1/s1. The largest absolute Gasteiger partial charge is 0.394 e. The van der Waals surface area contributed by atoms with E-state index < -0.39 is 5.54 Å². The monoisotopic (exact) mass is 187 g/mol. The van der Waals surface area contributed by atoms with Gasteiger partial charge in [-0.2, -0.15) is 0 Å². The van der Waals surface area contributed by atoms with E-state index in [0.717, 1.165) is 6.42 Å². The number of hydrazine groups is 1. The average molecular weight is 187 g/mol. The summed E-state index contributed by atoms with van der Waals surface area (Å²) in [7, 11) is 0. The number of likely N-dealkylation sites (N-methyl/N-ethyl adjacent to an activating group) is 1. The lowest BCUT2D eigenvalue weighted by atomic mass is 9.97. The number of nitrogens with zero attached hydrogens (tertiary/aromatic N) is 1. The number of carbonyl (C=O) groups is 1. The van der Waals surface area contributed by atoms with Crippen molar-refractivity contribution < 1.29 is 9.90 Å². The Balaban J connectivity index is 2.73. The summed E-state index contributed by atoms with van der Waals surface area (Å²) in [6, 6.07) is 0. The Kier molecular flexibility index (Phi) is 3.24. The predicted molar refractivity (Wildman–Crippen MR) is 48.6 cm³/mol. The van der Waals surface area contributed by atoms with Crippen molar-refractivity contribution in [2.75, 3.05) is 19.7 Å². The van der Waals surface area contributed by atoms with Crippen LogP contribution >= 0.6 is 0 Å². The molecule has 13 heavy (non-hydrogen) atoms. The Morgan fingerprint density at radius 3 is 2.85 bits per heavy atom. The smallest absolute Gasteiger partial charge is 0.244 e. The number of aliphatic hydroxyl groups excluding tert-OH is 1. The molecule has 0 aromatic rings. The van der Waals surface area contributed by atoms with E-state index in [4.69, 9.17) is 5.84 Å². The molecule has 0 radical (unpaired) electrons. The Bertz CT molecular complexity index is 198. The summed E-state index contributed by atoms with van der Waals surface area (Å²) in [6.45, 7) is 2.86. The average Bonchev–Trinajstić information content (AvgIpc) is 2.48. The second-order valence-electron chi connectivity index (χ2n) is 3.35. The lowest BCUT2D eigenvalue weighted by molar-refractivity contribution is -0.134. The predicted octanol–water partition coefficient (Wildman–Crippen LogP) is -1.18. The highest BCUT2D eigenvalue weighted by molar-refractivity contribution is 5.86. The number of amides is 1. The van der Waals surface area contributed by atoms with Gasteiger partial charge in [0.1, 0.15) is 5.54 Å². The van der Waals surface area contributed by atoms with E-state index in [-0.39, 0.29) is 12.5 Å². The van der Waals surface area contributed by atoms with Gasteiger partial charge in [-0.05, 0) is 19.8 Å². The highest BCUT2D eigenvalue weighted by atomic mass is 16.3. The molecule has 0 spiro atoms. The van der Waals surface area contributed by atoms with Crippen LogP contribution in [0.3, 0.4) is 0 Å². The minimum absolute atomic E-state index is 0.169. The lowest BCUT2D eigenvalue weighted by Crippen LogP contribution is -2.60. The van der Waals surface area contributed by atoms with Crippen LogP contribution in [0.5, 0.6) is 0 Å². The van der Waals surface area contributed by atoms with E-state index in [9.17, 15) is 9.90 Å². The molecule has 0 saturated carbocycles. The van der Waals surface area contributed by atoms with Gasteiger partial charge in [0.25, 0.3) is 0 Å². The summed E-state index contributed by atoms with van der Waals surface area (Å²) in [4.78, 5) is 11.6. The van der Waals surface area contributed by atoms with E-state index in [1.165, 1.54) is 5.01 Å². The normalized spacial score (nSPS) is 29.2. The zero-order valence-electron chi connectivity index (χ0n) is 7.92. The van der Waals surface area contributed by atoms with Gasteiger partial charge in [0.05, 0.1) is 6.61 Å². The lowest BCUT2D eigenvalue weighted by Gasteiger charge is -2.31. The molecule has 5 nitrogen and oxygen atoms in total. The molecule has 0 aromatic carbocycles. The van der Waals surface area contributed by atoms with E-state index >= 15 is 0 Å². The zero-order chi connectivity index (χ0) is 9.90. The fourth-order valence-corrected chi connectivity index (χ4v) is 1.71. The summed E-state index contributed by atoms with van der Waals surface area (Å²) in [5.41, 5.74) is -0.879. The minimum atomic E-state index is -0.879. The van der Waals surface area contributed by atoms with Gasteiger partial charge in [0.2, 0.25) is 5.91 Å². The number of rotatable bonds is 3. The molecule has 1 atom stereocenters. The number of hydrogen-bond acceptors (Lipinski definition) is 4. The summed E-state index contributed by atoms with van der Waals surface area (Å²) in [5.74, 6) is 5.50. The van der Waals surface area contributed by atoms with Crippen LogP contribution in [0.2, 0.25) is 0 Å². The molecule has 0 bridgehead atoms. The van der Waals surface area contributed by atoms with E-state index in [2.05, 4.69) is 5.32 Å². The molecule has 1 saturated heterocycles. The fraction of sp³-hybridized carbons (Fsp3) is 0.875. The Morgan fingerprint density at radius 2 is 2.46 bits per heavy atom. The van der Waals surface area contributed by atoms with Crippen molar-refractivity contribution in [1.82, 2.24) is 10.3 Å². The Hall–Kier alpha value is -0.650. The molecule has 1 aliphatic heterocycles. The Labute approximate surface area is 77.9 Å². The van der Waals surface area contributed by atoms with Crippen molar-refractivity contribution in [3.8, 4) is 0 Å². The van der Waals surface area contributed by atoms with E-state index in [1.54, 1.807) is 0 Å². The zero-order valence-corrected chi connectivity index (χ0v) is 7.92. The molecule has 1 amide bonds. The van der Waals surface area contributed by atoms with Gasteiger partial charge in [-0.15, -0.1) is 0 Å². The first kappa shape index (κ1) is 10.4. The minimum Gasteiger partial charge on any atom is -0.394 e. The molecule has 1 heterocycles. The van der Waals surface area contributed by atoms with Crippen LogP contribution < -0.4 is 11.2 Å². The van der Waals surface area contributed by atoms with Crippen LogP contribution in [-0.4, -0.2) is 41.3 Å². The molecule has 1 aliphatic rings. The summed E-state index contributed by atoms with van der Waals surface area (Å²) >= 11 is 0. The summed E-state index contributed by atoms with van der Waals surface area (Å²) in [5, 5.41) is 13.3. The number of nitrogens with one attached hydrogen (secondary N) is 1. The highest BCUT2D eigenvalue weighted by Gasteiger charge is 2.45. The third kappa shape index (κ3) is 1.67. The van der Waals surface area contributed by atoms with Crippen molar-refractivity contribution in [3.63, 3.8) is 0 Å². The maximum Gasteiger partial charge on any atom is 0.244 e. The van der Waals surface area contributed by atoms with Gasteiger partial charge < -0.3 is 10.4 Å². The first-order valence-electron chi connectivity index (χ1n) is 4.59. The van der Waals surface area contributed by atoms with Crippen LogP contribution in [0.4, 0.5) is 0 Å². The van der Waals surface area contributed by atoms with Crippen LogP contribution in [0.25, 0.3) is 0 Å². The molecule has 0 unspecified atom stereocenters. The maximum atomic E-state index is 11.6. The van der Waals surface area contributed by atoms with E-state index in [0.29, 0.717) is 19.5 Å². The van der Waals surface area contributed by atoms with Gasteiger partial charge in [0, 0.05) is 13.1 Å². The van der Waals surface area contributed by atoms with Gasteiger partial charge >= 0.3 is 0 Å². The van der Waals surface area contributed by atoms with Crippen molar-refractivity contribution in [2.45, 2.75) is 25.3 Å².